The van der Waals surface area contributed by atoms with E-state index in [9.17, 15) is 4.79 Å². The van der Waals surface area contributed by atoms with Gasteiger partial charge in [-0.25, -0.2) is 0 Å². The molecule has 2 heterocycles. The van der Waals surface area contributed by atoms with E-state index < -0.39 is 0 Å². The number of hydrogen-bond acceptors (Lipinski definition) is 4. The van der Waals surface area contributed by atoms with E-state index in [1.54, 1.807) is 6.20 Å². The monoisotopic (exact) mass is 167 g/mol. The Morgan fingerprint density at radius 3 is 2.75 bits per heavy atom. The zero-order valence-corrected chi connectivity index (χ0v) is 6.44. The Kier molecular flexibility index (Phi) is 2.95. The maximum atomic E-state index is 9.89. The summed E-state index contributed by atoms with van der Waals surface area (Å²) in [6.45, 7) is 1.95. The highest BCUT2D eigenvalue weighted by Gasteiger charge is 1.87. The Morgan fingerprint density at radius 2 is 2.58 bits per heavy atom. The molecule has 0 radical (unpaired) electrons. The highest BCUT2D eigenvalue weighted by atomic mass is 16.5. The minimum absolute atomic E-state index is 0.0694. The SMILES string of the molecule is Cc1cn[nH]n1.O=C1CO[C-]=N1. The van der Waals surface area contributed by atoms with Gasteiger partial charge in [0.25, 0.3) is 0 Å². The molecule has 0 bridgehead atoms. The summed E-state index contributed by atoms with van der Waals surface area (Å²) in [4.78, 5) is 13.0. The van der Waals surface area contributed by atoms with E-state index in [1.165, 1.54) is 0 Å². The lowest BCUT2D eigenvalue weighted by Crippen LogP contribution is -1.92. The molecule has 0 aromatic carbocycles. The summed E-state index contributed by atoms with van der Waals surface area (Å²) in [5.74, 6) is -0.255. The van der Waals surface area contributed by atoms with Crippen LogP contribution < -0.4 is 0 Å². The van der Waals surface area contributed by atoms with Gasteiger partial charge in [0.05, 0.1) is 18.5 Å². The van der Waals surface area contributed by atoms with E-state index in [0.29, 0.717) is 0 Å². The number of H-pyrrole nitrogens is 1. The Hall–Kier alpha value is -1.72. The normalized spacial score (nSPS) is 13.6. The smallest absolute Gasteiger partial charge is 0.124 e. The lowest BCUT2D eigenvalue weighted by molar-refractivity contribution is -0.118. The van der Waals surface area contributed by atoms with Gasteiger partial charge >= 0.3 is 0 Å². The third kappa shape index (κ3) is 2.91. The average molecular weight is 167 g/mol. The fourth-order valence-electron chi connectivity index (χ4n) is 0.468. The molecule has 1 aromatic heterocycles. The molecule has 2 rings (SSSR count). The number of aliphatic imine (C=N–C) groups is 1. The average Bonchev–Trinajstić information content (AvgIpc) is 2.63. The number of nitrogens with zero attached hydrogens (tertiary/aromatic N) is 3. The van der Waals surface area contributed by atoms with Gasteiger partial charge in [-0.2, -0.15) is 15.4 Å². The van der Waals surface area contributed by atoms with Crippen LogP contribution in [-0.4, -0.2) is 34.3 Å². The van der Waals surface area contributed by atoms with Crippen LogP contribution in [0.5, 0.6) is 0 Å². The van der Waals surface area contributed by atoms with E-state index in [-0.39, 0.29) is 12.5 Å². The molecule has 1 amide bonds. The standard InChI is InChI=1S/C3H5N3.C3H2NO2/c1-3-2-4-6-5-3;5-3-1-6-2-4-3/h2H,1H3,(H,4,5,6);1H2/q;-1. The maximum Gasteiger partial charge on any atom is 0.124 e. The van der Waals surface area contributed by atoms with Crippen molar-refractivity contribution in [2.45, 2.75) is 6.92 Å². The third-order valence-electron chi connectivity index (χ3n) is 0.966. The van der Waals surface area contributed by atoms with Crippen molar-refractivity contribution in [1.82, 2.24) is 15.4 Å². The number of carbonyl (C=O) groups is 1. The van der Waals surface area contributed by atoms with Gasteiger partial charge in [0.2, 0.25) is 0 Å². The molecule has 0 atom stereocenters. The zero-order chi connectivity index (χ0) is 8.81. The molecule has 64 valence electrons. The Bertz CT molecular complexity index is 267. The molecule has 12 heavy (non-hydrogen) atoms. The van der Waals surface area contributed by atoms with Gasteiger partial charge in [0, 0.05) is 6.40 Å². The number of hydrogen-bond donors (Lipinski definition) is 1. The summed E-state index contributed by atoms with van der Waals surface area (Å²) >= 11 is 0. The third-order valence-corrected chi connectivity index (χ3v) is 0.966. The quantitative estimate of drug-likeness (QED) is 0.531. The van der Waals surface area contributed by atoms with Crippen molar-refractivity contribution < 1.29 is 9.53 Å². The van der Waals surface area contributed by atoms with Crippen molar-refractivity contribution in [3.05, 3.63) is 11.9 Å². The summed E-state index contributed by atoms with van der Waals surface area (Å²) in [6, 6.07) is 0. The molecule has 1 aliphatic rings. The molecule has 0 fully saturated rings. The highest BCUT2D eigenvalue weighted by molar-refractivity contribution is 5.88. The second-order valence-electron chi connectivity index (χ2n) is 2.00. The molecule has 0 saturated heterocycles. The van der Waals surface area contributed by atoms with Crippen LogP contribution >= 0.6 is 0 Å². The van der Waals surface area contributed by atoms with Gasteiger partial charge in [0.15, 0.2) is 0 Å². The van der Waals surface area contributed by atoms with Crippen LogP contribution in [0.3, 0.4) is 0 Å². The number of aryl methyl sites for hydroxylation is 1. The number of aromatic nitrogens is 3. The van der Waals surface area contributed by atoms with Gasteiger partial charge in [-0.3, -0.25) is 0 Å². The fourth-order valence-corrected chi connectivity index (χ4v) is 0.468. The van der Waals surface area contributed by atoms with Crippen molar-refractivity contribution in [3.8, 4) is 0 Å². The summed E-state index contributed by atoms with van der Waals surface area (Å²) < 4.78 is 4.29. The van der Waals surface area contributed by atoms with Crippen molar-refractivity contribution in [1.29, 1.82) is 0 Å². The largest absolute Gasteiger partial charge is 0.581 e. The molecule has 0 spiro atoms. The molecule has 0 saturated carbocycles. The van der Waals surface area contributed by atoms with Crippen LogP contribution in [0.1, 0.15) is 5.69 Å². The lowest BCUT2D eigenvalue weighted by Gasteiger charge is -1.87. The first-order valence-corrected chi connectivity index (χ1v) is 3.22. The van der Waals surface area contributed by atoms with Gasteiger partial charge in [-0.1, -0.05) is 0 Å². The predicted molar refractivity (Wildman–Crippen MR) is 39.5 cm³/mol. The summed E-state index contributed by atoms with van der Waals surface area (Å²) in [7, 11) is 0. The number of rotatable bonds is 0. The molecule has 1 aliphatic heterocycles. The molecule has 1 N–H and O–H groups in total. The van der Waals surface area contributed by atoms with Crippen LogP contribution in [0, 0.1) is 6.92 Å². The lowest BCUT2D eigenvalue weighted by atomic mass is 10.6. The van der Waals surface area contributed by atoms with Crippen molar-refractivity contribution in [2.24, 2.45) is 4.99 Å². The van der Waals surface area contributed by atoms with Crippen LogP contribution in [0.25, 0.3) is 0 Å². The van der Waals surface area contributed by atoms with E-state index in [4.69, 9.17) is 0 Å². The first-order valence-electron chi connectivity index (χ1n) is 3.22. The van der Waals surface area contributed by atoms with Crippen LogP contribution in [0.4, 0.5) is 0 Å². The van der Waals surface area contributed by atoms with Gasteiger partial charge in [0.1, 0.15) is 5.91 Å². The molecule has 0 unspecified atom stereocenters. The van der Waals surface area contributed by atoms with Gasteiger partial charge in [-0.05, 0) is 6.92 Å². The highest BCUT2D eigenvalue weighted by Crippen LogP contribution is 1.83. The van der Waals surface area contributed by atoms with Crippen LogP contribution in [-0.2, 0) is 9.53 Å². The van der Waals surface area contributed by atoms with E-state index >= 15 is 0 Å². The first-order chi connectivity index (χ1) is 5.79. The number of nitrogens with one attached hydrogen (secondary N) is 1. The second-order valence-corrected chi connectivity index (χ2v) is 2.00. The van der Waals surface area contributed by atoms with Crippen LogP contribution in [0.2, 0.25) is 0 Å². The molecule has 6 heteroatoms. The Labute approximate surface area is 68.6 Å². The van der Waals surface area contributed by atoms with Crippen molar-refractivity contribution >= 4 is 12.3 Å². The van der Waals surface area contributed by atoms with Crippen LogP contribution in [0.15, 0.2) is 11.2 Å². The minimum Gasteiger partial charge on any atom is -0.581 e. The Balaban J connectivity index is 0.000000120. The molecular weight excluding hydrogens is 160 g/mol. The van der Waals surface area contributed by atoms with E-state index in [0.717, 1.165) is 5.69 Å². The van der Waals surface area contributed by atoms with Gasteiger partial charge in [-0.15, -0.1) is 0 Å². The van der Waals surface area contributed by atoms with Crippen molar-refractivity contribution in [2.75, 3.05) is 6.61 Å². The minimum atomic E-state index is -0.255. The summed E-state index contributed by atoms with van der Waals surface area (Å²) in [6.07, 6.45) is 3.71. The number of carbonyl (C=O) groups excluding carboxylic acids is 1. The topological polar surface area (TPSA) is 80.2 Å². The van der Waals surface area contributed by atoms with E-state index in [1.807, 2.05) is 13.3 Å². The maximum absolute atomic E-state index is 9.89. The Morgan fingerprint density at radius 1 is 1.75 bits per heavy atom. The van der Waals surface area contributed by atoms with Gasteiger partial charge < -0.3 is 14.5 Å². The summed E-state index contributed by atoms with van der Waals surface area (Å²) in [5.41, 5.74) is 0.926. The number of amides is 1. The fraction of sp³-hybridized carbons (Fsp3) is 0.333. The molecule has 1 aromatic rings. The first kappa shape index (κ1) is 8.38. The molecule has 0 aliphatic carbocycles. The van der Waals surface area contributed by atoms with E-state index in [2.05, 4.69) is 25.1 Å². The molecular formula is C6H7N4O2-. The number of ether oxygens (including phenoxy) is 1. The summed E-state index contributed by atoms with van der Waals surface area (Å²) in [5, 5.41) is 9.70. The second kappa shape index (κ2) is 4.22. The molecule has 6 nitrogen and oxygen atoms in total. The zero-order valence-electron chi connectivity index (χ0n) is 6.44. The number of aromatic amines is 1. The van der Waals surface area contributed by atoms with Crippen molar-refractivity contribution in [3.63, 3.8) is 0 Å². The predicted octanol–water partition coefficient (Wildman–Crippen LogP) is -0.438.